The van der Waals surface area contributed by atoms with E-state index in [2.05, 4.69) is 0 Å². The van der Waals surface area contributed by atoms with Crippen LogP contribution in [0.4, 0.5) is 17.6 Å². The third-order valence-electron chi connectivity index (χ3n) is 2.00. The van der Waals surface area contributed by atoms with E-state index < -0.39 is 24.9 Å². The summed E-state index contributed by atoms with van der Waals surface area (Å²) >= 11 is 0. The summed E-state index contributed by atoms with van der Waals surface area (Å²) in [4.78, 5) is 11.7. The van der Waals surface area contributed by atoms with Crippen LogP contribution in [0, 0.1) is 0 Å². The Hall–Kier alpha value is -0.850. The van der Waals surface area contributed by atoms with E-state index in [1.165, 1.54) is 0 Å². The molecule has 0 aromatic rings. The van der Waals surface area contributed by atoms with Gasteiger partial charge in [-0.1, -0.05) is 13.3 Å². The van der Waals surface area contributed by atoms with Crippen molar-refractivity contribution >= 4 is 5.91 Å². The summed E-state index contributed by atoms with van der Waals surface area (Å²) < 4.78 is 49.3. The van der Waals surface area contributed by atoms with Crippen LogP contribution in [0.25, 0.3) is 0 Å². The molecular weight excluding hydrogens is 230 g/mol. The van der Waals surface area contributed by atoms with Crippen LogP contribution in [-0.2, 0) is 4.79 Å². The van der Waals surface area contributed by atoms with E-state index in [0.29, 0.717) is 17.7 Å². The minimum absolute atomic E-state index is 0.0573. The molecule has 0 fully saturated rings. The lowest BCUT2D eigenvalue weighted by Crippen LogP contribution is -2.49. The number of aliphatic hydroxyl groups excluding tert-OH is 1. The number of hydrogen-bond donors (Lipinski definition) is 1. The second-order valence-corrected chi connectivity index (χ2v) is 3.29. The lowest BCUT2D eigenvalue weighted by molar-refractivity contribution is -0.181. The molecule has 1 N–H and O–H groups in total. The molecule has 0 aromatic heterocycles. The van der Waals surface area contributed by atoms with Gasteiger partial charge in [0, 0.05) is 13.1 Å². The zero-order valence-corrected chi connectivity index (χ0v) is 8.93. The van der Waals surface area contributed by atoms with Crippen molar-refractivity contribution < 1.29 is 27.5 Å². The number of carbonyl (C=O) groups excluding carboxylic acids is 1. The fourth-order valence-corrected chi connectivity index (χ4v) is 1.09. The average molecular weight is 245 g/mol. The quantitative estimate of drug-likeness (QED) is 0.691. The van der Waals surface area contributed by atoms with Crippen LogP contribution < -0.4 is 0 Å². The normalized spacial score (nSPS) is 11.9. The van der Waals surface area contributed by atoms with Gasteiger partial charge >= 0.3 is 12.3 Å². The Balaban J connectivity index is 4.59. The van der Waals surface area contributed by atoms with Gasteiger partial charge in [-0.25, -0.2) is 8.78 Å². The fraction of sp³-hybridized carbons (Fsp3) is 0.889. The third-order valence-corrected chi connectivity index (χ3v) is 2.00. The SMILES string of the molecule is CCCCN(CCO)C(=O)C(F)(F)C(F)F. The van der Waals surface area contributed by atoms with Crippen molar-refractivity contribution in [2.24, 2.45) is 0 Å². The van der Waals surface area contributed by atoms with Crippen molar-refractivity contribution in [1.29, 1.82) is 0 Å². The molecule has 0 radical (unpaired) electrons. The molecule has 0 atom stereocenters. The number of aliphatic hydroxyl groups is 1. The van der Waals surface area contributed by atoms with Gasteiger partial charge < -0.3 is 10.0 Å². The van der Waals surface area contributed by atoms with E-state index in [0.717, 1.165) is 0 Å². The van der Waals surface area contributed by atoms with Gasteiger partial charge in [-0.15, -0.1) is 0 Å². The highest BCUT2D eigenvalue weighted by Gasteiger charge is 2.50. The zero-order valence-electron chi connectivity index (χ0n) is 8.93. The van der Waals surface area contributed by atoms with Gasteiger partial charge in [-0.05, 0) is 6.42 Å². The van der Waals surface area contributed by atoms with E-state index in [9.17, 15) is 22.4 Å². The summed E-state index contributed by atoms with van der Waals surface area (Å²) in [7, 11) is 0. The Morgan fingerprint density at radius 2 is 1.94 bits per heavy atom. The maximum Gasteiger partial charge on any atom is 0.383 e. The van der Waals surface area contributed by atoms with Crippen molar-refractivity contribution in [2.75, 3.05) is 19.7 Å². The highest BCUT2D eigenvalue weighted by molar-refractivity contribution is 5.84. The van der Waals surface area contributed by atoms with Crippen molar-refractivity contribution in [3.05, 3.63) is 0 Å². The molecule has 0 aliphatic heterocycles. The number of amides is 1. The number of unbranched alkanes of at least 4 members (excludes halogenated alkanes) is 1. The topological polar surface area (TPSA) is 40.5 Å². The van der Waals surface area contributed by atoms with E-state index in [-0.39, 0.29) is 13.1 Å². The minimum atomic E-state index is -4.68. The molecule has 1 amide bonds. The molecule has 7 heteroatoms. The summed E-state index contributed by atoms with van der Waals surface area (Å²) in [6.07, 6.45) is -2.97. The minimum Gasteiger partial charge on any atom is -0.395 e. The zero-order chi connectivity index (χ0) is 12.8. The predicted molar refractivity (Wildman–Crippen MR) is 49.5 cm³/mol. The Bertz CT molecular complexity index is 224. The lowest BCUT2D eigenvalue weighted by atomic mass is 10.2. The number of alkyl halides is 4. The van der Waals surface area contributed by atoms with Crippen LogP contribution in [-0.4, -0.2) is 48.0 Å². The van der Waals surface area contributed by atoms with Crippen LogP contribution >= 0.6 is 0 Å². The van der Waals surface area contributed by atoms with Crippen molar-refractivity contribution in [3.8, 4) is 0 Å². The molecule has 0 spiro atoms. The van der Waals surface area contributed by atoms with Crippen LogP contribution in [0.1, 0.15) is 19.8 Å². The molecule has 0 heterocycles. The Kier molecular flexibility index (Phi) is 6.32. The summed E-state index contributed by atoms with van der Waals surface area (Å²) in [5, 5.41) is 8.56. The Morgan fingerprint density at radius 1 is 1.38 bits per heavy atom. The highest BCUT2D eigenvalue weighted by atomic mass is 19.3. The first-order valence-corrected chi connectivity index (χ1v) is 4.94. The second kappa shape index (κ2) is 6.67. The number of hydrogen-bond acceptors (Lipinski definition) is 2. The van der Waals surface area contributed by atoms with Gasteiger partial charge in [-0.2, -0.15) is 8.78 Å². The van der Waals surface area contributed by atoms with Gasteiger partial charge in [0.15, 0.2) is 0 Å². The molecular formula is C9H15F4NO2. The maximum atomic E-state index is 12.7. The molecule has 3 nitrogen and oxygen atoms in total. The summed E-state index contributed by atoms with van der Waals surface area (Å²) in [5.41, 5.74) is 0. The van der Waals surface area contributed by atoms with Crippen LogP contribution in [0.15, 0.2) is 0 Å². The van der Waals surface area contributed by atoms with Gasteiger partial charge in [0.2, 0.25) is 0 Å². The van der Waals surface area contributed by atoms with Crippen molar-refractivity contribution in [1.82, 2.24) is 4.90 Å². The first-order chi connectivity index (χ1) is 7.37. The molecule has 0 rings (SSSR count). The summed E-state index contributed by atoms with van der Waals surface area (Å²) in [5.74, 6) is -6.60. The molecule has 16 heavy (non-hydrogen) atoms. The number of carbonyl (C=O) groups is 1. The molecule has 0 saturated carbocycles. The standard InChI is InChI=1S/C9H15F4NO2/c1-2-3-4-14(5-6-15)8(16)9(12,13)7(10)11/h7,15H,2-6H2,1H3. The van der Waals surface area contributed by atoms with Crippen LogP contribution in [0.5, 0.6) is 0 Å². The van der Waals surface area contributed by atoms with Crippen LogP contribution in [0.2, 0.25) is 0 Å². The fourth-order valence-electron chi connectivity index (χ4n) is 1.09. The molecule has 96 valence electrons. The predicted octanol–water partition coefficient (Wildman–Crippen LogP) is 1.51. The lowest BCUT2D eigenvalue weighted by Gasteiger charge is -2.25. The van der Waals surface area contributed by atoms with E-state index >= 15 is 0 Å². The largest absolute Gasteiger partial charge is 0.395 e. The van der Waals surface area contributed by atoms with E-state index in [1.54, 1.807) is 6.92 Å². The number of halogens is 4. The van der Waals surface area contributed by atoms with Crippen molar-refractivity contribution in [2.45, 2.75) is 32.1 Å². The Labute approximate surface area is 91.0 Å². The van der Waals surface area contributed by atoms with E-state index in [1.807, 2.05) is 0 Å². The highest BCUT2D eigenvalue weighted by Crippen LogP contribution is 2.25. The van der Waals surface area contributed by atoms with Gasteiger partial charge in [0.05, 0.1) is 6.61 Å². The van der Waals surface area contributed by atoms with Gasteiger partial charge in [0.1, 0.15) is 0 Å². The van der Waals surface area contributed by atoms with E-state index in [4.69, 9.17) is 5.11 Å². The monoisotopic (exact) mass is 245 g/mol. The number of rotatable bonds is 7. The second-order valence-electron chi connectivity index (χ2n) is 3.29. The Morgan fingerprint density at radius 3 is 2.31 bits per heavy atom. The first kappa shape index (κ1) is 15.2. The summed E-state index contributed by atoms with van der Waals surface area (Å²) in [6, 6.07) is 0. The smallest absolute Gasteiger partial charge is 0.383 e. The van der Waals surface area contributed by atoms with Gasteiger partial charge in [0.25, 0.3) is 5.91 Å². The molecule has 0 aliphatic carbocycles. The maximum absolute atomic E-state index is 12.7. The number of nitrogens with zero attached hydrogens (tertiary/aromatic N) is 1. The molecule has 0 bridgehead atoms. The van der Waals surface area contributed by atoms with Crippen molar-refractivity contribution in [3.63, 3.8) is 0 Å². The first-order valence-electron chi connectivity index (χ1n) is 4.94. The molecule has 0 unspecified atom stereocenters. The molecule has 0 aromatic carbocycles. The third kappa shape index (κ3) is 3.96. The van der Waals surface area contributed by atoms with Crippen LogP contribution in [0.3, 0.4) is 0 Å². The van der Waals surface area contributed by atoms with Gasteiger partial charge in [-0.3, -0.25) is 4.79 Å². The average Bonchev–Trinajstić information content (AvgIpc) is 2.22. The summed E-state index contributed by atoms with van der Waals surface area (Å²) in [6.45, 7) is 0.820. The molecule has 0 aliphatic rings. The molecule has 0 saturated heterocycles.